The number of anilines is 1. The fourth-order valence-corrected chi connectivity index (χ4v) is 4.74. The van der Waals surface area contributed by atoms with Crippen molar-refractivity contribution in [2.24, 2.45) is 0 Å². The van der Waals surface area contributed by atoms with Gasteiger partial charge in [-0.3, -0.25) is 4.79 Å². The Balaban J connectivity index is 1.44. The summed E-state index contributed by atoms with van der Waals surface area (Å²) in [6.07, 6.45) is 1.53. The highest BCUT2D eigenvalue weighted by molar-refractivity contribution is 14.1. The Morgan fingerprint density at radius 1 is 0.925 bits per heavy atom. The predicted octanol–water partition coefficient (Wildman–Crippen LogP) is 8.05. The Kier molecular flexibility index (Phi) is 10.4. The van der Waals surface area contributed by atoms with Crippen LogP contribution in [-0.2, 0) is 18.0 Å². The van der Waals surface area contributed by atoms with Gasteiger partial charge >= 0.3 is 0 Å². The third-order valence-electron chi connectivity index (χ3n) is 5.64. The summed E-state index contributed by atoms with van der Waals surface area (Å²) in [5, 5.41) is 13.1. The molecule has 0 spiro atoms. The van der Waals surface area contributed by atoms with Gasteiger partial charge in [0.25, 0.3) is 5.91 Å². The maximum absolute atomic E-state index is 12.9. The molecule has 0 saturated heterocycles. The number of ether oxygens (including phenoxy) is 3. The standard InChI is InChI=1S/C32H26ClIN2O4/c1-2-38-30-18-24(17-29(34)31(30)40-21-23-9-6-10-26(33)16-23)15-25(19-35)32(37)36-27-11-13-28(14-12-27)39-20-22-7-4-3-5-8-22/h3-18H,2,20-21H2,1H3,(H,36,37)/b25-15+. The molecule has 8 heteroatoms. The number of carbonyl (C=O) groups excluding carboxylic acids is 1. The molecular weight excluding hydrogens is 639 g/mol. The van der Waals surface area contributed by atoms with Crippen LogP contribution in [0.4, 0.5) is 5.69 Å². The summed E-state index contributed by atoms with van der Waals surface area (Å²) in [6, 6.07) is 29.9. The molecule has 0 aromatic heterocycles. The molecule has 4 rings (SSSR count). The number of benzene rings is 4. The molecular formula is C32H26ClIN2O4. The van der Waals surface area contributed by atoms with Gasteiger partial charge in [-0.05, 0) is 101 Å². The first-order valence-corrected chi connectivity index (χ1v) is 13.9. The van der Waals surface area contributed by atoms with Gasteiger partial charge in [0.1, 0.15) is 30.6 Å². The zero-order chi connectivity index (χ0) is 28.3. The molecule has 1 N–H and O–H groups in total. The van der Waals surface area contributed by atoms with Crippen LogP contribution in [0.1, 0.15) is 23.6 Å². The lowest BCUT2D eigenvalue weighted by atomic mass is 10.1. The monoisotopic (exact) mass is 664 g/mol. The van der Waals surface area contributed by atoms with Crippen molar-refractivity contribution < 1.29 is 19.0 Å². The number of rotatable bonds is 11. The molecule has 0 fully saturated rings. The van der Waals surface area contributed by atoms with E-state index in [1.165, 1.54) is 6.08 Å². The lowest BCUT2D eigenvalue weighted by Crippen LogP contribution is -2.13. The van der Waals surface area contributed by atoms with E-state index in [-0.39, 0.29) is 5.57 Å². The molecule has 0 atom stereocenters. The van der Waals surface area contributed by atoms with Gasteiger partial charge in [-0.25, -0.2) is 0 Å². The van der Waals surface area contributed by atoms with E-state index in [0.717, 1.165) is 14.7 Å². The Hall–Kier alpha value is -4.00. The summed E-state index contributed by atoms with van der Waals surface area (Å²) in [4.78, 5) is 12.9. The highest BCUT2D eigenvalue weighted by Crippen LogP contribution is 2.35. The summed E-state index contributed by atoms with van der Waals surface area (Å²) < 4.78 is 18.5. The molecule has 40 heavy (non-hydrogen) atoms. The van der Waals surface area contributed by atoms with Gasteiger partial charge in [0.2, 0.25) is 0 Å². The van der Waals surface area contributed by atoms with Crippen LogP contribution in [0.2, 0.25) is 5.02 Å². The fraction of sp³-hybridized carbons (Fsp3) is 0.125. The quantitative estimate of drug-likeness (QED) is 0.0997. The van der Waals surface area contributed by atoms with E-state index in [2.05, 4.69) is 27.9 Å². The van der Waals surface area contributed by atoms with E-state index in [0.29, 0.717) is 53.3 Å². The molecule has 0 heterocycles. The van der Waals surface area contributed by atoms with Crippen LogP contribution in [0.15, 0.2) is 96.6 Å². The third-order valence-corrected chi connectivity index (χ3v) is 6.68. The second-order valence-corrected chi connectivity index (χ2v) is 10.2. The van der Waals surface area contributed by atoms with E-state index in [1.54, 1.807) is 36.4 Å². The van der Waals surface area contributed by atoms with Crippen molar-refractivity contribution in [1.82, 2.24) is 0 Å². The van der Waals surface area contributed by atoms with E-state index in [9.17, 15) is 10.1 Å². The minimum absolute atomic E-state index is 0.0461. The minimum Gasteiger partial charge on any atom is -0.490 e. The molecule has 0 radical (unpaired) electrons. The van der Waals surface area contributed by atoms with Gasteiger partial charge in [0, 0.05) is 10.7 Å². The molecule has 1 amide bonds. The topological polar surface area (TPSA) is 80.6 Å². The second kappa shape index (κ2) is 14.4. The molecule has 4 aromatic rings. The zero-order valence-corrected chi connectivity index (χ0v) is 24.6. The Morgan fingerprint density at radius 3 is 2.35 bits per heavy atom. The van der Waals surface area contributed by atoms with Crippen LogP contribution in [0.5, 0.6) is 17.2 Å². The molecule has 0 saturated carbocycles. The molecule has 0 aliphatic heterocycles. The van der Waals surface area contributed by atoms with Crippen LogP contribution in [0.3, 0.4) is 0 Å². The number of hydrogen-bond acceptors (Lipinski definition) is 5. The molecule has 6 nitrogen and oxygen atoms in total. The molecule has 0 bridgehead atoms. The van der Waals surface area contributed by atoms with Crippen LogP contribution < -0.4 is 19.5 Å². The van der Waals surface area contributed by atoms with E-state index >= 15 is 0 Å². The molecule has 202 valence electrons. The summed E-state index contributed by atoms with van der Waals surface area (Å²) in [5.74, 6) is 1.26. The number of nitrogens with one attached hydrogen (secondary N) is 1. The number of halogens is 2. The first-order valence-electron chi connectivity index (χ1n) is 12.5. The first kappa shape index (κ1) is 29.0. The van der Waals surface area contributed by atoms with Gasteiger partial charge < -0.3 is 19.5 Å². The Labute approximate surface area is 252 Å². The number of nitrogens with zero attached hydrogens (tertiary/aromatic N) is 1. The van der Waals surface area contributed by atoms with Crippen molar-refractivity contribution in [3.63, 3.8) is 0 Å². The SMILES string of the molecule is CCOc1cc(/C=C(\C#N)C(=O)Nc2ccc(OCc3ccccc3)cc2)cc(I)c1OCc1cccc(Cl)c1. The maximum Gasteiger partial charge on any atom is 0.266 e. The highest BCUT2D eigenvalue weighted by atomic mass is 127. The average molecular weight is 665 g/mol. The number of nitriles is 1. The molecule has 0 aliphatic rings. The van der Waals surface area contributed by atoms with Gasteiger partial charge in [-0.15, -0.1) is 0 Å². The van der Waals surface area contributed by atoms with Gasteiger partial charge in [-0.1, -0.05) is 54.1 Å². The Morgan fingerprint density at radius 2 is 1.65 bits per heavy atom. The van der Waals surface area contributed by atoms with Gasteiger partial charge in [0.05, 0.1) is 10.2 Å². The number of carbonyl (C=O) groups is 1. The molecule has 4 aromatic carbocycles. The summed E-state index contributed by atoms with van der Waals surface area (Å²) >= 11 is 8.24. The summed E-state index contributed by atoms with van der Waals surface area (Å²) in [6.45, 7) is 3.06. The number of hydrogen-bond donors (Lipinski definition) is 1. The molecule has 0 aliphatic carbocycles. The van der Waals surface area contributed by atoms with Crippen molar-refractivity contribution in [1.29, 1.82) is 5.26 Å². The van der Waals surface area contributed by atoms with Gasteiger partial charge in [-0.2, -0.15) is 5.26 Å². The lowest BCUT2D eigenvalue weighted by Gasteiger charge is -2.15. The summed E-state index contributed by atoms with van der Waals surface area (Å²) in [7, 11) is 0. The number of amides is 1. The van der Waals surface area contributed by atoms with E-state index in [1.807, 2.05) is 67.6 Å². The van der Waals surface area contributed by atoms with Crippen LogP contribution in [-0.4, -0.2) is 12.5 Å². The van der Waals surface area contributed by atoms with Crippen LogP contribution >= 0.6 is 34.2 Å². The van der Waals surface area contributed by atoms with Crippen molar-refractivity contribution >= 4 is 51.9 Å². The largest absolute Gasteiger partial charge is 0.490 e. The highest BCUT2D eigenvalue weighted by Gasteiger charge is 2.15. The fourth-order valence-electron chi connectivity index (χ4n) is 3.75. The van der Waals surface area contributed by atoms with Crippen molar-refractivity contribution in [3.8, 4) is 23.3 Å². The minimum atomic E-state index is -0.519. The Bertz CT molecular complexity index is 1530. The third kappa shape index (κ3) is 8.25. The lowest BCUT2D eigenvalue weighted by molar-refractivity contribution is -0.112. The second-order valence-electron chi connectivity index (χ2n) is 8.60. The van der Waals surface area contributed by atoms with Crippen LogP contribution in [0, 0.1) is 14.9 Å². The van der Waals surface area contributed by atoms with Crippen molar-refractivity contribution in [2.45, 2.75) is 20.1 Å². The predicted molar refractivity (Wildman–Crippen MR) is 166 cm³/mol. The zero-order valence-electron chi connectivity index (χ0n) is 21.7. The van der Waals surface area contributed by atoms with Gasteiger partial charge in [0.15, 0.2) is 11.5 Å². The summed E-state index contributed by atoms with van der Waals surface area (Å²) in [5.41, 5.74) is 3.13. The average Bonchev–Trinajstić information content (AvgIpc) is 2.96. The van der Waals surface area contributed by atoms with Crippen molar-refractivity contribution in [2.75, 3.05) is 11.9 Å². The smallest absolute Gasteiger partial charge is 0.266 e. The maximum atomic E-state index is 12.9. The van der Waals surface area contributed by atoms with Crippen molar-refractivity contribution in [3.05, 3.63) is 122 Å². The molecule has 0 unspecified atom stereocenters. The van der Waals surface area contributed by atoms with Crippen LogP contribution in [0.25, 0.3) is 6.08 Å². The van der Waals surface area contributed by atoms with E-state index in [4.69, 9.17) is 25.8 Å². The first-order chi connectivity index (χ1) is 19.4. The normalized spacial score (nSPS) is 10.9. The van der Waals surface area contributed by atoms with E-state index < -0.39 is 5.91 Å².